The Morgan fingerprint density at radius 1 is 0.903 bits per heavy atom. The van der Waals surface area contributed by atoms with Crippen molar-refractivity contribution in [2.24, 2.45) is 0 Å². The molecular weight excluding hydrogens is 456 g/mol. The highest BCUT2D eigenvalue weighted by molar-refractivity contribution is 9.10. The van der Waals surface area contributed by atoms with Crippen molar-refractivity contribution in [3.8, 4) is 5.75 Å². The quantitative estimate of drug-likeness (QED) is 0.357. The lowest BCUT2D eigenvalue weighted by molar-refractivity contribution is -0.147. The first-order valence-corrected chi connectivity index (χ1v) is 10.9. The largest absolute Gasteiger partial charge is 0.425 e. The van der Waals surface area contributed by atoms with Crippen LogP contribution in [0.15, 0.2) is 88.9 Å². The highest BCUT2D eigenvalue weighted by Gasteiger charge is 2.57. The summed E-state index contributed by atoms with van der Waals surface area (Å²) in [6.45, 7) is 1.96. The smallest absolute Gasteiger partial charge is 0.343 e. The lowest BCUT2D eigenvalue weighted by atomic mass is 9.61. The third kappa shape index (κ3) is 2.95. The van der Waals surface area contributed by atoms with Crippen LogP contribution < -0.4 is 4.74 Å². The van der Waals surface area contributed by atoms with E-state index in [9.17, 15) is 9.59 Å². The molecule has 0 saturated heterocycles. The van der Waals surface area contributed by atoms with Crippen LogP contribution in [0.25, 0.3) is 5.76 Å². The zero-order chi connectivity index (χ0) is 21.6. The number of hydrogen-bond acceptors (Lipinski definition) is 4. The van der Waals surface area contributed by atoms with E-state index in [0.29, 0.717) is 23.3 Å². The Morgan fingerprint density at radius 2 is 1.58 bits per heavy atom. The highest BCUT2D eigenvalue weighted by atomic mass is 79.9. The van der Waals surface area contributed by atoms with Crippen molar-refractivity contribution < 1.29 is 19.1 Å². The number of benzene rings is 3. The van der Waals surface area contributed by atoms with Crippen molar-refractivity contribution in [3.63, 3.8) is 0 Å². The number of halogens is 1. The zero-order valence-corrected chi connectivity index (χ0v) is 18.4. The first-order chi connectivity index (χ1) is 15.1. The van der Waals surface area contributed by atoms with E-state index in [1.807, 2.05) is 79.7 Å². The van der Waals surface area contributed by atoms with Crippen LogP contribution >= 0.6 is 15.9 Å². The molecule has 154 valence electrons. The summed E-state index contributed by atoms with van der Waals surface area (Å²) in [6, 6.07) is 24.3. The molecule has 0 fully saturated rings. The van der Waals surface area contributed by atoms with Crippen molar-refractivity contribution >= 4 is 33.6 Å². The van der Waals surface area contributed by atoms with Gasteiger partial charge in [-0.15, -0.1) is 0 Å². The predicted octanol–water partition coefficient (Wildman–Crippen LogP) is 5.77. The summed E-state index contributed by atoms with van der Waals surface area (Å²) in [5, 5.41) is 0. The first kappa shape index (κ1) is 19.8. The molecule has 0 aliphatic carbocycles. The van der Waals surface area contributed by atoms with E-state index in [-0.39, 0.29) is 11.7 Å². The van der Waals surface area contributed by atoms with Crippen LogP contribution in [0.2, 0.25) is 0 Å². The molecule has 0 N–H and O–H groups in total. The minimum Gasteiger partial charge on any atom is -0.425 e. The van der Waals surface area contributed by atoms with E-state index >= 15 is 0 Å². The first-order valence-electron chi connectivity index (χ1n) is 10.1. The number of hydrogen-bond donors (Lipinski definition) is 0. The molecule has 0 spiro atoms. The SMILES string of the molecule is CC[C@]1(c2ccccc2)C(=O)OC(c2ccccc2)=C2C(=O)Oc3ccc(Br)cc3[C@H]21. The summed E-state index contributed by atoms with van der Waals surface area (Å²) in [4.78, 5) is 27.1. The molecule has 2 atom stereocenters. The number of ether oxygens (including phenoxy) is 2. The highest BCUT2D eigenvalue weighted by Crippen LogP contribution is 2.56. The van der Waals surface area contributed by atoms with E-state index in [1.54, 1.807) is 6.07 Å². The molecule has 2 aliphatic heterocycles. The van der Waals surface area contributed by atoms with Crippen LogP contribution in [-0.4, -0.2) is 11.9 Å². The monoisotopic (exact) mass is 474 g/mol. The molecule has 5 heteroatoms. The molecule has 5 rings (SSSR count). The van der Waals surface area contributed by atoms with Gasteiger partial charge in [-0.2, -0.15) is 0 Å². The summed E-state index contributed by atoms with van der Waals surface area (Å²) in [5.74, 6) is -0.650. The molecule has 4 nitrogen and oxygen atoms in total. The molecule has 0 bridgehead atoms. The van der Waals surface area contributed by atoms with Gasteiger partial charge in [0.15, 0.2) is 0 Å². The Kier molecular flexibility index (Phi) is 4.78. The van der Waals surface area contributed by atoms with Gasteiger partial charge in [-0.1, -0.05) is 83.5 Å². The second-order valence-electron chi connectivity index (χ2n) is 7.69. The van der Waals surface area contributed by atoms with Gasteiger partial charge in [-0.3, -0.25) is 4.79 Å². The van der Waals surface area contributed by atoms with Gasteiger partial charge in [-0.25, -0.2) is 4.79 Å². The van der Waals surface area contributed by atoms with E-state index in [0.717, 1.165) is 15.6 Å². The Bertz CT molecular complexity index is 1220. The van der Waals surface area contributed by atoms with Crippen LogP contribution in [0.4, 0.5) is 0 Å². The summed E-state index contributed by atoms with van der Waals surface area (Å²) >= 11 is 3.54. The summed E-state index contributed by atoms with van der Waals surface area (Å²) in [5.41, 5.74) is 1.60. The van der Waals surface area contributed by atoms with Crippen molar-refractivity contribution in [3.05, 3.63) is 106 Å². The van der Waals surface area contributed by atoms with Crippen molar-refractivity contribution in [2.45, 2.75) is 24.7 Å². The average Bonchev–Trinajstić information content (AvgIpc) is 2.80. The molecule has 2 heterocycles. The van der Waals surface area contributed by atoms with Gasteiger partial charge in [0.05, 0.1) is 5.57 Å². The fraction of sp³-hybridized carbons (Fsp3) is 0.154. The minimum atomic E-state index is -1.05. The summed E-state index contributed by atoms with van der Waals surface area (Å²) < 4.78 is 12.5. The summed E-state index contributed by atoms with van der Waals surface area (Å²) in [7, 11) is 0. The second-order valence-corrected chi connectivity index (χ2v) is 8.61. The van der Waals surface area contributed by atoms with Crippen LogP contribution in [-0.2, 0) is 19.7 Å². The molecule has 0 aromatic heterocycles. The normalized spacial score (nSPS) is 22.3. The third-order valence-corrected chi connectivity index (χ3v) is 6.67. The molecule has 31 heavy (non-hydrogen) atoms. The summed E-state index contributed by atoms with van der Waals surface area (Å²) in [6.07, 6.45) is 0.464. The lowest BCUT2D eigenvalue weighted by Gasteiger charge is -2.45. The van der Waals surface area contributed by atoms with Crippen LogP contribution in [0, 0.1) is 0 Å². The average molecular weight is 475 g/mol. The fourth-order valence-corrected chi connectivity index (χ4v) is 5.11. The lowest BCUT2D eigenvalue weighted by Crippen LogP contribution is -2.49. The van der Waals surface area contributed by atoms with Crippen LogP contribution in [0.1, 0.15) is 36.0 Å². The minimum absolute atomic E-state index is 0.270. The van der Waals surface area contributed by atoms with Gasteiger partial charge in [-0.05, 0) is 30.2 Å². The number of carbonyl (C=O) groups is 2. The van der Waals surface area contributed by atoms with Crippen molar-refractivity contribution in [1.82, 2.24) is 0 Å². The van der Waals surface area contributed by atoms with Gasteiger partial charge in [0.1, 0.15) is 16.9 Å². The molecule has 0 radical (unpaired) electrons. The number of cyclic esters (lactones) is 1. The molecular formula is C26H19BrO4. The Morgan fingerprint density at radius 3 is 2.26 bits per heavy atom. The predicted molar refractivity (Wildman–Crippen MR) is 120 cm³/mol. The maximum atomic E-state index is 13.8. The number of carbonyl (C=O) groups excluding carboxylic acids is 2. The molecule has 0 saturated carbocycles. The Hall–Kier alpha value is -3.18. The van der Waals surface area contributed by atoms with E-state index < -0.39 is 17.3 Å². The Balaban J connectivity index is 1.88. The zero-order valence-electron chi connectivity index (χ0n) is 16.8. The van der Waals surface area contributed by atoms with Gasteiger partial charge >= 0.3 is 11.9 Å². The van der Waals surface area contributed by atoms with Gasteiger partial charge < -0.3 is 9.47 Å². The molecule has 0 amide bonds. The van der Waals surface area contributed by atoms with Gasteiger partial charge in [0, 0.05) is 21.5 Å². The maximum absolute atomic E-state index is 13.8. The van der Waals surface area contributed by atoms with Crippen LogP contribution in [0.5, 0.6) is 5.75 Å². The standard InChI is InChI=1S/C26H19BrO4/c1-2-26(17-11-7-4-8-12-17)22-19-15-18(27)13-14-20(19)30-24(28)21(22)23(31-25(26)29)16-9-5-3-6-10-16/h3-15,22H,2H2,1H3/t22-,26-/m1/s1. The molecule has 0 unspecified atom stereocenters. The van der Waals surface area contributed by atoms with E-state index in [1.165, 1.54) is 0 Å². The molecule has 2 aliphatic rings. The third-order valence-electron chi connectivity index (χ3n) is 6.17. The van der Waals surface area contributed by atoms with E-state index in [2.05, 4.69) is 15.9 Å². The maximum Gasteiger partial charge on any atom is 0.343 e. The van der Waals surface area contributed by atoms with Crippen molar-refractivity contribution in [2.75, 3.05) is 0 Å². The molecule has 3 aromatic carbocycles. The van der Waals surface area contributed by atoms with Crippen molar-refractivity contribution in [1.29, 1.82) is 0 Å². The van der Waals surface area contributed by atoms with Gasteiger partial charge in [0.2, 0.25) is 0 Å². The molecule has 3 aromatic rings. The topological polar surface area (TPSA) is 52.6 Å². The van der Waals surface area contributed by atoms with Gasteiger partial charge in [0.25, 0.3) is 0 Å². The Labute approximate surface area is 188 Å². The van der Waals surface area contributed by atoms with Crippen LogP contribution in [0.3, 0.4) is 0 Å². The second kappa shape index (κ2) is 7.50. The number of esters is 2. The van der Waals surface area contributed by atoms with E-state index in [4.69, 9.17) is 9.47 Å². The number of fused-ring (bicyclic) bond motifs is 3. The number of rotatable bonds is 3. The fourth-order valence-electron chi connectivity index (χ4n) is 4.73.